The molecule has 0 saturated heterocycles. The molecule has 1 unspecified atom stereocenters. The van der Waals surface area contributed by atoms with Crippen LogP contribution in [0.3, 0.4) is 0 Å². The Balaban J connectivity index is 2.36. The van der Waals surface area contributed by atoms with Crippen LogP contribution in [-0.4, -0.2) is 6.54 Å². The highest BCUT2D eigenvalue weighted by Gasteiger charge is 2.20. The van der Waals surface area contributed by atoms with E-state index in [9.17, 15) is 8.78 Å². The van der Waals surface area contributed by atoms with Gasteiger partial charge >= 0.3 is 0 Å². The third kappa shape index (κ3) is 2.76. The van der Waals surface area contributed by atoms with Gasteiger partial charge in [0.2, 0.25) is 0 Å². The fourth-order valence-corrected chi connectivity index (χ4v) is 1.84. The molecule has 0 spiro atoms. The van der Waals surface area contributed by atoms with Crippen LogP contribution in [0.5, 0.6) is 0 Å². The first kappa shape index (κ1) is 12.8. The number of furan rings is 1. The third-order valence-corrected chi connectivity index (χ3v) is 2.70. The summed E-state index contributed by atoms with van der Waals surface area (Å²) in [6, 6.07) is 6.46. The Kier molecular flexibility index (Phi) is 4.10. The molecule has 1 aromatic carbocycles. The monoisotopic (exact) mass is 251 g/mol. The van der Waals surface area contributed by atoms with Crippen molar-refractivity contribution in [3.05, 3.63) is 59.6 Å². The van der Waals surface area contributed by atoms with Crippen molar-refractivity contribution in [2.24, 2.45) is 0 Å². The molecule has 2 nitrogen and oxygen atoms in total. The van der Waals surface area contributed by atoms with E-state index >= 15 is 0 Å². The quantitative estimate of drug-likeness (QED) is 0.877. The molecule has 0 fully saturated rings. The van der Waals surface area contributed by atoms with Gasteiger partial charge in [0, 0.05) is 5.56 Å². The van der Waals surface area contributed by atoms with E-state index in [1.54, 1.807) is 12.1 Å². The van der Waals surface area contributed by atoms with Crippen molar-refractivity contribution in [2.45, 2.75) is 19.4 Å². The second kappa shape index (κ2) is 5.78. The highest BCUT2D eigenvalue weighted by molar-refractivity contribution is 5.28. The van der Waals surface area contributed by atoms with Gasteiger partial charge in [-0.25, -0.2) is 8.78 Å². The third-order valence-electron chi connectivity index (χ3n) is 2.70. The van der Waals surface area contributed by atoms with Crippen LogP contribution in [0.25, 0.3) is 0 Å². The lowest BCUT2D eigenvalue weighted by Crippen LogP contribution is -2.23. The van der Waals surface area contributed by atoms with Gasteiger partial charge in [0.15, 0.2) is 0 Å². The van der Waals surface area contributed by atoms with Gasteiger partial charge in [-0.05, 0) is 43.3 Å². The molecule has 0 aliphatic rings. The van der Waals surface area contributed by atoms with Gasteiger partial charge in [0.1, 0.15) is 17.4 Å². The maximum atomic E-state index is 13.8. The molecule has 1 atom stereocenters. The average molecular weight is 251 g/mol. The second-order valence-electron chi connectivity index (χ2n) is 4.07. The van der Waals surface area contributed by atoms with Crippen LogP contribution < -0.4 is 5.32 Å². The molecule has 0 saturated carbocycles. The van der Waals surface area contributed by atoms with Crippen LogP contribution in [0.15, 0.2) is 41.0 Å². The predicted octanol–water partition coefficient (Wildman–Crippen LogP) is 3.65. The normalized spacial score (nSPS) is 12.6. The van der Waals surface area contributed by atoms with Crippen molar-refractivity contribution in [2.75, 3.05) is 6.54 Å². The lowest BCUT2D eigenvalue weighted by Gasteiger charge is -2.17. The maximum absolute atomic E-state index is 13.8. The van der Waals surface area contributed by atoms with Gasteiger partial charge in [0.25, 0.3) is 0 Å². The second-order valence-corrected chi connectivity index (χ2v) is 4.07. The molecule has 0 radical (unpaired) electrons. The summed E-state index contributed by atoms with van der Waals surface area (Å²) in [4.78, 5) is 0. The Hall–Kier alpha value is -1.68. The van der Waals surface area contributed by atoms with E-state index in [0.717, 1.165) is 18.6 Å². The summed E-state index contributed by atoms with van der Waals surface area (Å²) in [6.07, 6.45) is 2.42. The molecule has 2 aromatic rings. The smallest absolute Gasteiger partial charge is 0.128 e. The fourth-order valence-electron chi connectivity index (χ4n) is 1.84. The minimum absolute atomic E-state index is 0.262. The van der Waals surface area contributed by atoms with Gasteiger partial charge in [-0.1, -0.05) is 6.92 Å². The van der Waals surface area contributed by atoms with Crippen LogP contribution in [0.2, 0.25) is 0 Å². The van der Waals surface area contributed by atoms with Crippen molar-refractivity contribution in [1.82, 2.24) is 5.32 Å². The van der Waals surface area contributed by atoms with Crippen LogP contribution in [-0.2, 0) is 0 Å². The van der Waals surface area contributed by atoms with Crippen LogP contribution in [0.1, 0.15) is 30.7 Å². The van der Waals surface area contributed by atoms with Crippen molar-refractivity contribution >= 4 is 0 Å². The molecule has 0 bridgehead atoms. The standard InChI is InChI=1S/C14H15F2NO/c1-2-7-17-14(13-4-3-8-18-13)11-9-10(15)5-6-12(11)16/h3-6,8-9,14,17H,2,7H2,1H3. The zero-order chi connectivity index (χ0) is 13.0. The van der Waals surface area contributed by atoms with Gasteiger partial charge in [-0.2, -0.15) is 0 Å². The summed E-state index contributed by atoms with van der Waals surface area (Å²) in [5, 5.41) is 3.16. The van der Waals surface area contributed by atoms with Crippen molar-refractivity contribution in [3.8, 4) is 0 Å². The first-order chi connectivity index (χ1) is 8.72. The van der Waals surface area contributed by atoms with Gasteiger partial charge < -0.3 is 9.73 Å². The van der Waals surface area contributed by atoms with Gasteiger partial charge in [-0.15, -0.1) is 0 Å². The average Bonchev–Trinajstić information content (AvgIpc) is 2.88. The first-order valence-corrected chi connectivity index (χ1v) is 5.94. The summed E-state index contributed by atoms with van der Waals surface area (Å²) in [7, 11) is 0. The van der Waals surface area contributed by atoms with Gasteiger partial charge in [-0.3, -0.25) is 0 Å². The van der Waals surface area contributed by atoms with E-state index in [1.165, 1.54) is 12.3 Å². The Bertz CT molecular complexity index is 497. The number of benzene rings is 1. The molecule has 4 heteroatoms. The summed E-state index contributed by atoms with van der Waals surface area (Å²) < 4.78 is 32.3. The lowest BCUT2D eigenvalue weighted by molar-refractivity contribution is 0.434. The minimum Gasteiger partial charge on any atom is -0.467 e. The van der Waals surface area contributed by atoms with Gasteiger partial charge in [0.05, 0.1) is 12.3 Å². The molecule has 1 heterocycles. The number of halogens is 2. The van der Waals surface area contributed by atoms with E-state index in [4.69, 9.17) is 4.42 Å². The molecular weight excluding hydrogens is 236 g/mol. The molecular formula is C14H15F2NO. The Labute approximate surface area is 105 Å². The summed E-state index contributed by atoms with van der Waals surface area (Å²) in [5.74, 6) is -0.324. The minimum atomic E-state index is -0.462. The van der Waals surface area contributed by atoms with E-state index < -0.39 is 17.7 Å². The first-order valence-electron chi connectivity index (χ1n) is 5.94. The van der Waals surface area contributed by atoms with Crippen LogP contribution in [0.4, 0.5) is 8.78 Å². The van der Waals surface area contributed by atoms with Crippen LogP contribution >= 0.6 is 0 Å². The zero-order valence-electron chi connectivity index (χ0n) is 10.1. The molecule has 96 valence electrons. The molecule has 0 aliphatic heterocycles. The Morgan fingerprint density at radius 1 is 1.28 bits per heavy atom. The number of rotatable bonds is 5. The molecule has 2 rings (SSSR count). The SMILES string of the molecule is CCCNC(c1ccco1)c1cc(F)ccc1F. The Morgan fingerprint density at radius 2 is 2.11 bits per heavy atom. The van der Waals surface area contributed by atoms with E-state index in [1.807, 2.05) is 6.92 Å². The molecule has 0 amide bonds. The topological polar surface area (TPSA) is 25.2 Å². The summed E-state index contributed by atoms with van der Waals surface area (Å²) >= 11 is 0. The summed E-state index contributed by atoms with van der Waals surface area (Å²) in [5.41, 5.74) is 0.262. The molecule has 0 aliphatic carbocycles. The number of hydrogen-bond donors (Lipinski definition) is 1. The van der Waals surface area contributed by atoms with Crippen molar-refractivity contribution in [1.29, 1.82) is 0 Å². The van der Waals surface area contributed by atoms with E-state index in [2.05, 4.69) is 5.32 Å². The van der Waals surface area contributed by atoms with E-state index in [0.29, 0.717) is 12.3 Å². The largest absolute Gasteiger partial charge is 0.467 e. The van der Waals surface area contributed by atoms with Crippen molar-refractivity contribution in [3.63, 3.8) is 0 Å². The predicted molar refractivity (Wildman–Crippen MR) is 65.2 cm³/mol. The maximum Gasteiger partial charge on any atom is 0.128 e. The summed E-state index contributed by atoms with van der Waals surface area (Å²) in [6.45, 7) is 2.70. The van der Waals surface area contributed by atoms with Crippen molar-refractivity contribution < 1.29 is 13.2 Å². The Morgan fingerprint density at radius 3 is 2.78 bits per heavy atom. The number of nitrogens with one attached hydrogen (secondary N) is 1. The molecule has 1 N–H and O–H groups in total. The highest BCUT2D eigenvalue weighted by atomic mass is 19.1. The molecule has 18 heavy (non-hydrogen) atoms. The van der Waals surface area contributed by atoms with Crippen LogP contribution in [0, 0.1) is 11.6 Å². The molecule has 1 aromatic heterocycles. The van der Waals surface area contributed by atoms with E-state index in [-0.39, 0.29) is 5.56 Å². The zero-order valence-corrected chi connectivity index (χ0v) is 10.1. The number of hydrogen-bond acceptors (Lipinski definition) is 2. The lowest BCUT2D eigenvalue weighted by atomic mass is 10.0. The fraction of sp³-hybridized carbons (Fsp3) is 0.286. The highest BCUT2D eigenvalue weighted by Crippen LogP contribution is 2.25.